The molecular formula is C19H24N2O. The van der Waals surface area contributed by atoms with Gasteiger partial charge in [0.25, 0.3) is 5.56 Å². The maximum Gasteiger partial charge on any atom is 0.255 e. The molecule has 0 aliphatic heterocycles. The van der Waals surface area contributed by atoms with Crippen LogP contribution in [0.25, 0.3) is 11.3 Å². The SMILES string of the molecule is CCn1c(-c2ccc3c(c2)CCCC3)cc(C)c(CN)c1=O. The summed E-state index contributed by atoms with van der Waals surface area (Å²) in [5.74, 6) is 0. The van der Waals surface area contributed by atoms with Crippen LogP contribution in [0.1, 0.15) is 42.0 Å². The zero-order valence-electron chi connectivity index (χ0n) is 13.5. The predicted molar refractivity (Wildman–Crippen MR) is 91.1 cm³/mol. The van der Waals surface area contributed by atoms with Gasteiger partial charge in [-0.25, -0.2) is 0 Å². The summed E-state index contributed by atoms with van der Waals surface area (Å²) in [6.07, 6.45) is 4.89. The van der Waals surface area contributed by atoms with Gasteiger partial charge >= 0.3 is 0 Å². The fourth-order valence-electron chi connectivity index (χ4n) is 3.51. The van der Waals surface area contributed by atoms with E-state index in [1.165, 1.54) is 30.4 Å². The summed E-state index contributed by atoms with van der Waals surface area (Å²) < 4.78 is 1.85. The van der Waals surface area contributed by atoms with E-state index in [0.29, 0.717) is 13.1 Å². The summed E-state index contributed by atoms with van der Waals surface area (Å²) in [7, 11) is 0. The van der Waals surface area contributed by atoms with Crippen LogP contribution in [0.4, 0.5) is 0 Å². The second-order valence-electron chi connectivity index (χ2n) is 6.14. The lowest BCUT2D eigenvalue weighted by Crippen LogP contribution is -2.27. The minimum absolute atomic E-state index is 0.0534. The van der Waals surface area contributed by atoms with Crippen LogP contribution >= 0.6 is 0 Å². The number of aromatic nitrogens is 1. The van der Waals surface area contributed by atoms with E-state index in [0.717, 1.165) is 28.8 Å². The second kappa shape index (κ2) is 6.09. The molecule has 1 aromatic heterocycles. The number of benzene rings is 1. The molecule has 2 N–H and O–H groups in total. The molecule has 0 atom stereocenters. The number of nitrogens with zero attached hydrogens (tertiary/aromatic N) is 1. The lowest BCUT2D eigenvalue weighted by molar-refractivity contribution is 0.685. The van der Waals surface area contributed by atoms with Gasteiger partial charge in [-0.3, -0.25) is 4.79 Å². The highest BCUT2D eigenvalue weighted by atomic mass is 16.1. The quantitative estimate of drug-likeness (QED) is 0.945. The van der Waals surface area contributed by atoms with Crippen molar-refractivity contribution in [2.75, 3.05) is 0 Å². The highest BCUT2D eigenvalue weighted by Gasteiger charge is 2.14. The minimum atomic E-state index is 0.0534. The number of fused-ring (bicyclic) bond motifs is 1. The first-order valence-electron chi connectivity index (χ1n) is 8.21. The van der Waals surface area contributed by atoms with Gasteiger partial charge in [0.1, 0.15) is 0 Å². The third-order valence-corrected chi connectivity index (χ3v) is 4.79. The Morgan fingerprint density at radius 3 is 2.55 bits per heavy atom. The van der Waals surface area contributed by atoms with Crippen molar-refractivity contribution in [2.45, 2.75) is 52.6 Å². The molecule has 3 nitrogen and oxygen atoms in total. The maximum atomic E-state index is 12.6. The van der Waals surface area contributed by atoms with E-state index in [-0.39, 0.29) is 5.56 Å². The zero-order chi connectivity index (χ0) is 15.7. The third-order valence-electron chi connectivity index (χ3n) is 4.79. The van der Waals surface area contributed by atoms with Crippen molar-refractivity contribution < 1.29 is 0 Å². The van der Waals surface area contributed by atoms with Crippen molar-refractivity contribution in [1.29, 1.82) is 0 Å². The van der Waals surface area contributed by atoms with Gasteiger partial charge in [0, 0.05) is 18.7 Å². The van der Waals surface area contributed by atoms with Gasteiger partial charge in [-0.05, 0) is 73.9 Å². The number of rotatable bonds is 3. The summed E-state index contributed by atoms with van der Waals surface area (Å²) in [5.41, 5.74) is 12.6. The van der Waals surface area contributed by atoms with Gasteiger partial charge in [-0.2, -0.15) is 0 Å². The van der Waals surface area contributed by atoms with E-state index in [9.17, 15) is 4.79 Å². The molecule has 1 aromatic carbocycles. The standard InChI is InChI=1S/C19H24N2O/c1-3-21-18(10-13(2)17(12-20)19(21)22)16-9-8-14-6-4-5-7-15(14)11-16/h8-11H,3-7,12,20H2,1-2H3. The van der Waals surface area contributed by atoms with Crippen molar-refractivity contribution in [3.05, 3.63) is 56.9 Å². The van der Waals surface area contributed by atoms with Crippen LogP contribution in [0.15, 0.2) is 29.1 Å². The summed E-state index contributed by atoms with van der Waals surface area (Å²) in [6.45, 7) is 4.96. The lowest BCUT2D eigenvalue weighted by atomic mass is 9.89. The molecule has 0 fully saturated rings. The minimum Gasteiger partial charge on any atom is -0.326 e. The fourth-order valence-corrected chi connectivity index (χ4v) is 3.51. The number of pyridine rings is 1. The molecule has 0 saturated heterocycles. The van der Waals surface area contributed by atoms with Crippen LogP contribution in [0.2, 0.25) is 0 Å². The first kappa shape index (κ1) is 15.0. The first-order valence-corrected chi connectivity index (χ1v) is 8.21. The molecular weight excluding hydrogens is 272 g/mol. The molecule has 0 bridgehead atoms. The Kier molecular flexibility index (Phi) is 4.16. The van der Waals surface area contributed by atoms with Crippen LogP contribution in [-0.2, 0) is 25.9 Å². The van der Waals surface area contributed by atoms with Gasteiger partial charge in [0.15, 0.2) is 0 Å². The molecule has 1 aliphatic carbocycles. The molecule has 0 radical (unpaired) electrons. The number of nitrogens with two attached hydrogens (primary N) is 1. The molecule has 0 amide bonds. The van der Waals surface area contributed by atoms with Crippen molar-refractivity contribution in [2.24, 2.45) is 5.73 Å². The average Bonchev–Trinajstić information content (AvgIpc) is 2.54. The largest absolute Gasteiger partial charge is 0.326 e. The summed E-state index contributed by atoms with van der Waals surface area (Å²) >= 11 is 0. The van der Waals surface area contributed by atoms with Crippen molar-refractivity contribution in [1.82, 2.24) is 4.57 Å². The molecule has 3 rings (SSSR count). The van der Waals surface area contributed by atoms with Gasteiger partial charge in [-0.15, -0.1) is 0 Å². The monoisotopic (exact) mass is 296 g/mol. The van der Waals surface area contributed by atoms with Crippen LogP contribution in [0.5, 0.6) is 0 Å². The first-order chi connectivity index (χ1) is 10.7. The maximum absolute atomic E-state index is 12.6. The van der Waals surface area contributed by atoms with E-state index in [1.54, 1.807) is 0 Å². The number of aryl methyl sites for hydroxylation is 3. The van der Waals surface area contributed by atoms with Crippen molar-refractivity contribution in [3.8, 4) is 11.3 Å². The Morgan fingerprint density at radius 2 is 1.86 bits per heavy atom. The summed E-state index contributed by atoms with van der Waals surface area (Å²) in [4.78, 5) is 12.6. The normalized spacial score (nSPS) is 14.0. The van der Waals surface area contributed by atoms with Gasteiger partial charge < -0.3 is 10.3 Å². The summed E-state index contributed by atoms with van der Waals surface area (Å²) in [5, 5.41) is 0. The molecule has 3 heteroatoms. The topological polar surface area (TPSA) is 48.0 Å². The molecule has 1 aliphatic rings. The second-order valence-corrected chi connectivity index (χ2v) is 6.14. The van der Waals surface area contributed by atoms with Crippen LogP contribution in [0.3, 0.4) is 0 Å². The molecule has 1 heterocycles. The zero-order valence-corrected chi connectivity index (χ0v) is 13.5. The van der Waals surface area contributed by atoms with Gasteiger partial charge in [0.2, 0.25) is 0 Å². The highest BCUT2D eigenvalue weighted by Crippen LogP contribution is 2.27. The van der Waals surface area contributed by atoms with Crippen LogP contribution in [-0.4, -0.2) is 4.57 Å². The molecule has 0 spiro atoms. The van der Waals surface area contributed by atoms with E-state index >= 15 is 0 Å². The van der Waals surface area contributed by atoms with Crippen molar-refractivity contribution in [3.63, 3.8) is 0 Å². The lowest BCUT2D eigenvalue weighted by Gasteiger charge is -2.19. The Bertz CT molecular complexity index is 759. The van der Waals surface area contributed by atoms with E-state index in [2.05, 4.69) is 24.3 Å². The Hall–Kier alpha value is -1.87. The van der Waals surface area contributed by atoms with Gasteiger partial charge in [-0.1, -0.05) is 12.1 Å². The van der Waals surface area contributed by atoms with E-state index in [1.807, 2.05) is 18.4 Å². The van der Waals surface area contributed by atoms with Crippen molar-refractivity contribution >= 4 is 0 Å². The summed E-state index contributed by atoms with van der Waals surface area (Å²) in [6, 6.07) is 8.78. The molecule has 22 heavy (non-hydrogen) atoms. The van der Waals surface area contributed by atoms with Crippen LogP contribution < -0.4 is 11.3 Å². The predicted octanol–water partition coefficient (Wildman–Crippen LogP) is 3.18. The third kappa shape index (κ3) is 2.50. The Labute approximate surface area is 131 Å². The Morgan fingerprint density at radius 1 is 1.14 bits per heavy atom. The molecule has 0 saturated carbocycles. The van der Waals surface area contributed by atoms with Gasteiger partial charge in [0.05, 0.1) is 5.69 Å². The van der Waals surface area contributed by atoms with Crippen LogP contribution in [0, 0.1) is 6.92 Å². The van der Waals surface area contributed by atoms with E-state index in [4.69, 9.17) is 5.73 Å². The highest BCUT2D eigenvalue weighted by molar-refractivity contribution is 5.63. The number of hydrogen-bond donors (Lipinski definition) is 1. The number of hydrogen-bond acceptors (Lipinski definition) is 2. The smallest absolute Gasteiger partial charge is 0.255 e. The Balaban J connectivity index is 2.18. The molecule has 2 aromatic rings. The average molecular weight is 296 g/mol. The van der Waals surface area contributed by atoms with E-state index < -0.39 is 0 Å². The molecule has 0 unspecified atom stereocenters. The fraction of sp³-hybridized carbons (Fsp3) is 0.421. The molecule has 116 valence electrons.